The highest BCUT2D eigenvalue weighted by Crippen LogP contribution is 2.44. The van der Waals surface area contributed by atoms with E-state index in [-0.39, 0.29) is 6.42 Å². The molecule has 3 rings (SSSR count). The molecule has 3 nitrogen and oxygen atoms in total. The van der Waals surface area contributed by atoms with Crippen LogP contribution in [0, 0.1) is 0 Å². The van der Waals surface area contributed by atoms with Crippen LogP contribution in [0.4, 0.5) is 8.63 Å². The van der Waals surface area contributed by atoms with Crippen molar-refractivity contribution < 1.29 is 22.7 Å². The fraction of sp³-hybridized carbons (Fsp3) is 0.222. The Balaban J connectivity index is 1.89. The summed E-state index contributed by atoms with van der Waals surface area (Å²) in [5.74, 6) is 0.516. The highest BCUT2D eigenvalue weighted by atomic mass is 19.3. The first-order chi connectivity index (χ1) is 11.6. The van der Waals surface area contributed by atoms with E-state index in [9.17, 15) is 8.63 Å². The molecule has 0 amide bonds. The van der Waals surface area contributed by atoms with Crippen LogP contribution in [0.15, 0.2) is 67.3 Å². The standard InChI is InChI=1S/C18H18BF2O3/c1-2-12-22-16-11-7-6-10-15(16)18-13-17(23-19(20,21)24-18)14-8-4-3-5-9-14/h2-11,17-18H,1,12-13H2/q-1. The molecule has 24 heavy (non-hydrogen) atoms. The Labute approximate surface area is 139 Å². The Morgan fingerprint density at radius 2 is 1.71 bits per heavy atom. The average Bonchev–Trinajstić information content (AvgIpc) is 2.59. The molecular formula is C18H18BF2O3-. The smallest absolute Gasteiger partial charge is 0.505 e. The Morgan fingerprint density at radius 3 is 2.46 bits per heavy atom. The van der Waals surface area contributed by atoms with Gasteiger partial charge in [0.05, 0.1) is 0 Å². The van der Waals surface area contributed by atoms with E-state index in [0.717, 1.165) is 0 Å². The second-order valence-corrected chi connectivity index (χ2v) is 5.57. The van der Waals surface area contributed by atoms with Crippen LogP contribution in [0.25, 0.3) is 0 Å². The van der Waals surface area contributed by atoms with Crippen molar-refractivity contribution in [2.75, 3.05) is 6.61 Å². The van der Waals surface area contributed by atoms with Gasteiger partial charge in [0.15, 0.2) is 0 Å². The van der Waals surface area contributed by atoms with Gasteiger partial charge in [0.1, 0.15) is 12.4 Å². The number of hydrogen-bond donors (Lipinski definition) is 0. The van der Waals surface area contributed by atoms with Crippen molar-refractivity contribution in [1.82, 2.24) is 0 Å². The minimum Gasteiger partial charge on any atom is -0.505 e. The van der Waals surface area contributed by atoms with E-state index in [1.807, 2.05) is 6.07 Å². The number of hydrogen-bond acceptors (Lipinski definition) is 3. The molecule has 2 unspecified atom stereocenters. The summed E-state index contributed by atoms with van der Waals surface area (Å²) in [6.07, 6.45) is 0.357. The molecule has 0 bridgehead atoms. The summed E-state index contributed by atoms with van der Waals surface area (Å²) in [7, 11) is -4.36. The van der Waals surface area contributed by atoms with E-state index in [1.165, 1.54) is 0 Å². The zero-order valence-electron chi connectivity index (χ0n) is 13.1. The molecule has 0 aromatic heterocycles. The minimum atomic E-state index is -4.36. The lowest BCUT2D eigenvalue weighted by Gasteiger charge is -2.43. The first kappa shape index (κ1) is 16.7. The van der Waals surface area contributed by atoms with Crippen molar-refractivity contribution in [2.24, 2.45) is 0 Å². The largest absolute Gasteiger partial charge is 0.602 e. The number of rotatable bonds is 5. The van der Waals surface area contributed by atoms with Crippen LogP contribution >= 0.6 is 0 Å². The van der Waals surface area contributed by atoms with Crippen LogP contribution in [-0.4, -0.2) is 13.7 Å². The van der Waals surface area contributed by atoms with Gasteiger partial charge in [0.25, 0.3) is 0 Å². The molecule has 0 aliphatic carbocycles. The number of para-hydroxylation sites is 1. The maximum absolute atomic E-state index is 14.0. The van der Waals surface area contributed by atoms with Crippen molar-refractivity contribution in [3.63, 3.8) is 0 Å². The van der Waals surface area contributed by atoms with Gasteiger partial charge in [-0.15, -0.1) is 0 Å². The van der Waals surface area contributed by atoms with Crippen molar-refractivity contribution in [1.29, 1.82) is 0 Å². The monoisotopic (exact) mass is 331 g/mol. The van der Waals surface area contributed by atoms with Gasteiger partial charge in [0.2, 0.25) is 0 Å². The lowest BCUT2D eigenvalue weighted by atomic mass is 9.92. The fourth-order valence-electron chi connectivity index (χ4n) is 2.83. The molecule has 2 aromatic rings. The van der Waals surface area contributed by atoms with Crippen molar-refractivity contribution in [2.45, 2.75) is 18.6 Å². The fourth-order valence-corrected chi connectivity index (χ4v) is 2.83. The van der Waals surface area contributed by atoms with Gasteiger partial charge in [-0.2, -0.15) is 0 Å². The van der Waals surface area contributed by atoms with Gasteiger partial charge >= 0.3 is 7.11 Å². The minimum absolute atomic E-state index is 0.288. The van der Waals surface area contributed by atoms with E-state index in [2.05, 4.69) is 6.58 Å². The predicted molar refractivity (Wildman–Crippen MR) is 88.8 cm³/mol. The molecule has 2 aromatic carbocycles. The van der Waals surface area contributed by atoms with Gasteiger partial charge in [-0.1, -0.05) is 61.2 Å². The highest BCUT2D eigenvalue weighted by Gasteiger charge is 2.41. The summed E-state index contributed by atoms with van der Waals surface area (Å²) >= 11 is 0. The topological polar surface area (TPSA) is 27.7 Å². The van der Waals surface area contributed by atoms with E-state index >= 15 is 0 Å². The van der Waals surface area contributed by atoms with Crippen LogP contribution < -0.4 is 4.74 Å². The maximum Gasteiger partial charge on any atom is 0.602 e. The normalized spacial score (nSPS) is 22.8. The predicted octanol–water partition coefficient (Wildman–Crippen LogP) is 4.85. The third kappa shape index (κ3) is 3.83. The molecule has 6 heteroatoms. The van der Waals surface area contributed by atoms with Crippen LogP contribution in [0.2, 0.25) is 0 Å². The Kier molecular flexibility index (Phi) is 4.97. The van der Waals surface area contributed by atoms with Crippen molar-refractivity contribution in [3.8, 4) is 5.75 Å². The number of halogens is 2. The van der Waals surface area contributed by atoms with Crippen LogP contribution in [0.5, 0.6) is 5.75 Å². The number of ether oxygens (including phenoxy) is 1. The summed E-state index contributed by atoms with van der Waals surface area (Å²) in [5, 5.41) is 0. The Hall–Kier alpha value is -2.18. The SMILES string of the molecule is C=CCOc1ccccc1C1CC(c2ccccc2)O[B-](F)(F)O1. The molecule has 126 valence electrons. The van der Waals surface area contributed by atoms with Gasteiger partial charge in [-0.3, -0.25) is 0 Å². The summed E-state index contributed by atoms with van der Waals surface area (Å²) in [6.45, 7) is 3.90. The quantitative estimate of drug-likeness (QED) is 0.579. The molecule has 1 aliphatic heterocycles. The lowest BCUT2D eigenvalue weighted by Crippen LogP contribution is -2.40. The van der Waals surface area contributed by atoms with Crippen LogP contribution in [0.3, 0.4) is 0 Å². The summed E-state index contributed by atoms with van der Waals surface area (Å²) in [4.78, 5) is 0. The van der Waals surface area contributed by atoms with Crippen molar-refractivity contribution in [3.05, 3.63) is 78.4 Å². The van der Waals surface area contributed by atoms with E-state index < -0.39 is 19.3 Å². The Bertz CT molecular complexity index is 694. The molecule has 2 atom stereocenters. The maximum atomic E-state index is 14.0. The molecular weight excluding hydrogens is 313 g/mol. The van der Waals surface area contributed by atoms with Crippen molar-refractivity contribution >= 4 is 7.11 Å². The second kappa shape index (κ2) is 7.15. The van der Waals surface area contributed by atoms with Gasteiger partial charge in [-0.05, 0) is 11.6 Å². The third-order valence-corrected chi connectivity index (χ3v) is 3.87. The molecule has 0 spiro atoms. The lowest BCUT2D eigenvalue weighted by molar-refractivity contribution is -0.0536. The van der Waals surface area contributed by atoms with E-state index in [0.29, 0.717) is 23.5 Å². The summed E-state index contributed by atoms with van der Waals surface area (Å²) in [5.41, 5.74) is 1.29. The highest BCUT2D eigenvalue weighted by molar-refractivity contribution is 6.52. The first-order valence-corrected chi connectivity index (χ1v) is 7.82. The second-order valence-electron chi connectivity index (χ2n) is 5.57. The zero-order chi connectivity index (χ0) is 17.0. The molecule has 1 saturated heterocycles. The van der Waals surface area contributed by atoms with Crippen LogP contribution in [-0.2, 0) is 9.31 Å². The zero-order valence-corrected chi connectivity index (χ0v) is 13.1. The number of benzene rings is 2. The summed E-state index contributed by atoms with van der Waals surface area (Å²) < 4.78 is 43.4. The molecule has 0 saturated carbocycles. The van der Waals surface area contributed by atoms with E-state index in [4.69, 9.17) is 14.0 Å². The van der Waals surface area contributed by atoms with E-state index in [1.54, 1.807) is 54.6 Å². The molecule has 0 N–H and O–H groups in total. The van der Waals surface area contributed by atoms with Crippen LogP contribution in [0.1, 0.15) is 29.8 Å². The third-order valence-electron chi connectivity index (χ3n) is 3.87. The molecule has 1 heterocycles. The van der Waals surface area contributed by atoms with Gasteiger partial charge in [-0.25, -0.2) is 0 Å². The van der Waals surface area contributed by atoms with Gasteiger partial charge in [0, 0.05) is 24.2 Å². The summed E-state index contributed by atoms with van der Waals surface area (Å²) in [6, 6.07) is 16.0. The first-order valence-electron chi connectivity index (χ1n) is 7.82. The molecule has 1 fully saturated rings. The van der Waals surface area contributed by atoms with Gasteiger partial charge < -0.3 is 22.7 Å². The molecule has 0 radical (unpaired) electrons. The average molecular weight is 331 g/mol. The Morgan fingerprint density at radius 1 is 1.04 bits per heavy atom. The molecule has 1 aliphatic rings.